The molecule has 0 spiro atoms. The van der Waals surface area contributed by atoms with Crippen LogP contribution in [0.15, 0.2) is 0 Å². The lowest BCUT2D eigenvalue weighted by atomic mass is 9.81. The minimum Gasteiger partial charge on any atom is -0.394 e. The Kier molecular flexibility index (Phi) is 4.29. The molecule has 0 unspecified atom stereocenters. The van der Waals surface area contributed by atoms with Crippen LogP contribution < -0.4 is 11.1 Å². The van der Waals surface area contributed by atoms with Crippen LogP contribution in [0.25, 0.3) is 0 Å². The molecule has 0 saturated heterocycles. The summed E-state index contributed by atoms with van der Waals surface area (Å²) < 4.78 is 0. The van der Waals surface area contributed by atoms with Gasteiger partial charge in [0, 0.05) is 0 Å². The fraction of sp³-hybridized carbons (Fsp3) is 0.909. The molecule has 1 amide bonds. The highest BCUT2D eigenvalue weighted by molar-refractivity contribution is 5.86. The number of aliphatic hydroxyl groups is 2. The third-order valence-electron chi connectivity index (χ3n) is 3.31. The molecule has 0 aliphatic heterocycles. The van der Waals surface area contributed by atoms with Crippen LogP contribution in [0.3, 0.4) is 0 Å². The molecule has 0 aromatic heterocycles. The van der Waals surface area contributed by atoms with Gasteiger partial charge in [0.25, 0.3) is 0 Å². The SMILES string of the molecule is CC(CO)(CO)NC(=O)C1(N)CCCCC1. The smallest absolute Gasteiger partial charge is 0.240 e. The third-order valence-corrected chi connectivity index (χ3v) is 3.31. The molecule has 5 N–H and O–H groups in total. The van der Waals surface area contributed by atoms with Crippen molar-refractivity contribution >= 4 is 5.91 Å². The average Bonchev–Trinajstić information content (AvgIpc) is 2.30. The van der Waals surface area contributed by atoms with Gasteiger partial charge >= 0.3 is 0 Å². The number of nitrogens with two attached hydrogens (primary N) is 1. The van der Waals surface area contributed by atoms with Gasteiger partial charge in [-0.2, -0.15) is 0 Å². The normalized spacial score (nSPS) is 20.5. The molecule has 0 radical (unpaired) electrons. The molecule has 0 atom stereocenters. The van der Waals surface area contributed by atoms with E-state index >= 15 is 0 Å². The predicted molar refractivity (Wildman–Crippen MR) is 60.7 cm³/mol. The van der Waals surface area contributed by atoms with E-state index in [0.717, 1.165) is 19.3 Å². The van der Waals surface area contributed by atoms with E-state index in [2.05, 4.69) is 5.32 Å². The van der Waals surface area contributed by atoms with Gasteiger partial charge < -0.3 is 21.3 Å². The topological polar surface area (TPSA) is 95.6 Å². The molecular weight excluding hydrogens is 208 g/mol. The molecular formula is C11H22N2O3. The van der Waals surface area contributed by atoms with Crippen molar-refractivity contribution in [3.63, 3.8) is 0 Å². The number of carbonyl (C=O) groups excluding carboxylic acids is 1. The number of amides is 1. The molecule has 1 rings (SSSR count). The Bertz CT molecular complexity index is 246. The van der Waals surface area contributed by atoms with E-state index < -0.39 is 11.1 Å². The Hall–Kier alpha value is -0.650. The van der Waals surface area contributed by atoms with Gasteiger partial charge in [0.15, 0.2) is 0 Å². The highest BCUT2D eigenvalue weighted by atomic mass is 16.3. The van der Waals surface area contributed by atoms with E-state index in [1.807, 2.05) is 0 Å². The first-order chi connectivity index (χ1) is 7.46. The van der Waals surface area contributed by atoms with E-state index in [1.165, 1.54) is 0 Å². The molecule has 16 heavy (non-hydrogen) atoms. The minimum absolute atomic E-state index is 0.266. The van der Waals surface area contributed by atoms with Gasteiger partial charge in [0.1, 0.15) is 0 Å². The second-order valence-electron chi connectivity index (χ2n) is 5.05. The molecule has 0 aromatic rings. The molecule has 94 valence electrons. The van der Waals surface area contributed by atoms with Crippen molar-refractivity contribution in [3.05, 3.63) is 0 Å². The summed E-state index contributed by atoms with van der Waals surface area (Å²) in [5.41, 5.74) is 4.23. The van der Waals surface area contributed by atoms with E-state index in [1.54, 1.807) is 6.92 Å². The summed E-state index contributed by atoms with van der Waals surface area (Å²) in [7, 11) is 0. The zero-order valence-corrected chi connectivity index (χ0v) is 9.83. The summed E-state index contributed by atoms with van der Waals surface area (Å²) in [4.78, 5) is 12.0. The van der Waals surface area contributed by atoms with Crippen molar-refractivity contribution in [1.82, 2.24) is 5.32 Å². The van der Waals surface area contributed by atoms with Crippen molar-refractivity contribution in [2.75, 3.05) is 13.2 Å². The van der Waals surface area contributed by atoms with Crippen LogP contribution in [0.4, 0.5) is 0 Å². The number of carbonyl (C=O) groups is 1. The molecule has 1 saturated carbocycles. The first-order valence-corrected chi connectivity index (χ1v) is 5.79. The number of hydrogen-bond acceptors (Lipinski definition) is 4. The average molecular weight is 230 g/mol. The lowest BCUT2D eigenvalue weighted by Crippen LogP contribution is -2.62. The highest BCUT2D eigenvalue weighted by Gasteiger charge is 2.38. The number of hydrogen-bond donors (Lipinski definition) is 4. The van der Waals surface area contributed by atoms with Gasteiger partial charge in [-0.05, 0) is 19.8 Å². The maximum absolute atomic E-state index is 12.0. The molecule has 5 nitrogen and oxygen atoms in total. The van der Waals surface area contributed by atoms with Crippen LogP contribution in [-0.4, -0.2) is 40.4 Å². The molecule has 1 fully saturated rings. The Morgan fingerprint density at radius 3 is 2.25 bits per heavy atom. The zero-order chi connectivity index (χ0) is 12.2. The third kappa shape index (κ3) is 2.93. The van der Waals surface area contributed by atoms with E-state index in [0.29, 0.717) is 12.8 Å². The van der Waals surface area contributed by atoms with E-state index in [9.17, 15) is 4.79 Å². The van der Waals surface area contributed by atoms with E-state index in [-0.39, 0.29) is 19.1 Å². The van der Waals surface area contributed by atoms with Gasteiger partial charge in [-0.15, -0.1) is 0 Å². The first kappa shape index (κ1) is 13.4. The fourth-order valence-corrected chi connectivity index (χ4v) is 1.94. The molecule has 0 bridgehead atoms. The minimum atomic E-state index is -0.985. The second kappa shape index (κ2) is 5.12. The van der Waals surface area contributed by atoms with Gasteiger partial charge in [0.2, 0.25) is 5.91 Å². The molecule has 5 heteroatoms. The van der Waals surface area contributed by atoms with Crippen molar-refractivity contribution < 1.29 is 15.0 Å². The standard InChI is InChI=1S/C11H22N2O3/c1-10(7-14,8-15)13-9(16)11(12)5-3-2-4-6-11/h14-15H,2-8,12H2,1H3,(H,13,16). The largest absolute Gasteiger partial charge is 0.394 e. The summed E-state index contributed by atoms with van der Waals surface area (Å²) >= 11 is 0. The van der Waals surface area contributed by atoms with Crippen molar-refractivity contribution in [2.24, 2.45) is 5.73 Å². The van der Waals surface area contributed by atoms with Gasteiger partial charge in [-0.3, -0.25) is 4.79 Å². The molecule has 0 heterocycles. The van der Waals surface area contributed by atoms with Crippen LogP contribution >= 0.6 is 0 Å². The Balaban J connectivity index is 2.63. The van der Waals surface area contributed by atoms with Crippen LogP contribution in [0, 0.1) is 0 Å². The van der Waals surface area contributed by atoms with Gasteiger partial charge in [-0.1, -0.05) is 19.3 Å². The Morgan fingerprint density at radius 2 is 1.81 bits per heavy atom. The maximum atomic E-state index is 12.0. The van der Waals surface area contributed by atoms with Crippen LogP contribution in [0.2, 0.25) is 0 Å². The second-order valence-corrected chi connectivity index (χ2v) is 5.05. The van der Waals surface area contributed by atoms with Gasteiger partial charge in [-0.25, -0.2) is 0 Å². The summed E-state index contributed by atoms with van der Waals surface area (Å²) in [5, 5.41) is 20.8. The Morgan fingerprint density at radius 1 is 1.31 bits per heavy atom. The maximum Gasteiger partial charge on any atom is 0.240 e. The first-order valence-electron chi connectivity index (χ1n) is 5.79. The van der Waals surface area contributed by atoms with Crippen LogP contribution in [0.5, 0.6) is 0 Å². The number of nitrogens with one attached hydrogen (secondary N) is 1. The van der Waals surface area contributed by atoms with E-state index in [4.69, 9.17) is 15.9 Å². The summed E-state index contributed by atoms with van der Waals surface area (Å²) in [6, 6.07) is 0. The number of aliphatic hydroxyl groups excluding tert-OH is 2. The predicted octanol–water partition coefficient (Wildman–Crippen LogP) is -0.492. The zero-order valence-electron chi connectivity index (χ0n) is 9.83. The lowest BCUT2D eigenvalue weighted by Gasteiger charge is -2.36. The monoisotopic (exact) mass is 230 g/mol. The summed E-state index contributed by atoms with van der Waals surface area (Å²) in [5.74, 6) is -0.266. The van der Waals surface area contributed by atoms with Crippen LogP contribution in [-0.2, 0) is 4.79 Å². The quantitative estimate of drug-likeness (QED) is 0.524. The summed E-state index contributed by atoms with van der Waals surface area (Å²) in [6.45, 7) is 0.994. The lowest BCUT2D eigenvalue weighted by molar-refractivity contribution is -0.130. The molecule has 1 aliphatic carbocycles. The number of rotatable bonds is 4. The van der Waals surface area contributed by atoms with Crippen molar-refractivity contribution in [2.45, 2.75) is 50.1 Å². The summed E-state index contributed by atoms with van der Waals surface area (Å²) in [6.07, 6.45) is 4.37. The van der Waals surface area contributed by atoms with Crippen molar-refractivity contribution in [3.8, 4) is 0 Å². The van der Waals surface area contributed by atoms with Gasteiger partial charge in [0.05, 0.1) is 24.3 Å². The molecule has 1 aliphatic rings. The highest BCUT2D eigenvalue weighted by Crippen LogP contribution is 2.26. The Labute approximate surface area is 96.0 Å². The molecule has 0 aromatic carbocycles. The van der Waals surface area contributed by atoms with Crippen LogP contribution in [0.1, 0.15) is 39.0 Å². The fourth-order valence-electron chi connectivity index (χ4n) is 1.94. The van der Waals surface area contributed by atoms with Crippen molar-refractivity contribution in [1.29, 1.82) is 0 Å².